The van der Waals surface area contributed by atoms with Crippen LogP contribution in [0.4, 0.5) is 5.13 Å². The van der Waals surface area contributed by atoms with Crippen molar-refractivity contribution in [2.45, 2.75) is 52.5 Å². The Morgan fingerprint density at radius 2 is 2.11 bits per heavy atom. The van der Waals surface area contributed by atoms with Crippen molar-refractivity contribution < 1.29 is 4.79 Å². The van der Waals surface area contributed by atoms with Crippen LogP contribution in [0.15, 0.2) is 5.38 Å². The van der Waals surface area contributed by atoms with Gasteiger partial charge in [0.2, 0.25) is 5.91 Å². The van der Waals surface area contributed by atoms with E-state index in [-0.39, 0.29) is 11.3 Å². The molecule has 102 valence electrons. The third-order valence-electron chi connectivity index (χ3n) is 2.56. The lowest BCUT2D eigenvalue weighted by atomic mass is 9.93. The molecule has 1 amide bonds. The fourth-order valence-corrected chi connectivity index (χ4v) is 2.43. The van der Waals surface area contributed by atoms with Gasteiger partial charge in [-0.2, -0.15) is 0 Å². The van der Waals surface area contributed by atoms with Crippen molar-refractivity contribution in [1.29, 1.82) is 0 Å². The maximum atomic E-state index is 11.8. The van der Waals surface area contributed by atoms with Crippen molar-refractivity contribution >= 4 is 22.4 Å². The van der Waals surface area contributed by atoms with Crippen LogP contribution in [0.5, 0.6) is 0 Å². The summed E-state index contributed by atoms with van der Waals surface area (Å²) >= 11 is 1.44. The fourth-order valence-electron chi connectivity index (χ4n) is 1.49. The summed E-state index contributed by atoms with van der Waals surface area (Å²) in [7, 11) is 0. The van der Waals surface area contributed by atoms with Crippen molar-refractivity contribution in [3.63, 3.8) is 0 Å². The van der Waals surface area contributed by atoms with Crippen LogP contribution in [0.3, 0.4) is 0 Å². The molecule has 1 rings (SSSR count). The molecule has 1 heterocycles. The molecule has 0 aliphatic carbocycles. The van der Waals surface area contributed by atoms with Gasteiger partial charge in [0, 0.05) is 10.8 Å². The first kappa shape index (κ1) is 15.1. The number of nitrogens with one attached hydrogen (secondary N) is 1. The summed E-state index contributed by atoms with van der Waals surface area (Å²) in [5, 5.41) is 5.39. The normalized spacial score (nSPS) is 13.7. The van der Waals surface area contributed by atoms with E-state index in [9.17, 15) is 4.79 Å². The molecule has 1 atom stereocenters. The number of rotatable bonds is 4. The summed E-state index contributed by atoms with van der Waals surface area (Å²) in [6.45, 7) is 10.4. The largest absolute Gasteiger partial charge is 0.320 e. The molecule has 1 aromatic rings. The molecule has 0 aliphatic heterocycles. The van der Waals surface area contributed by atoms with Gasteiger partial charge >= 0.3 is 0 Å². The molecule has 0 bridgehead atoms. The number of hydrogen-bond acceptors (Lipinski definition) is 4. The van der Waals surface area contributed by atoms with E-state index in [2.05, 4.69) is 31.1 Å². The lowest BCUT2D eigenvalue weighted by Crippen LogP contribution is -2.36. The van der Waals surface area contributed by atoms with Gasteiger partial charge in [-0.25, -0.2) is 4.98 Å². The highest BCUT2D eigenvalue weighted by atomic mass is 32.1. The summed E-state index contributed by atoms with van der Waals surface area (Å²) in [6, 6.07) is -0.466. The van der Waals surface area contributed by atoms with E-state index in [1.54, 1.807) is 0 Å². The highest BCUT2D eigenvalue weighted by Crippen LogP contribution is 2.26. The number of carbonyl (C=O) groups is 1. The van der Waals surface area contributed by atoms with E-state index in [1.165, 1.54) is 11.3 Å². The number of hydrogen-bond donors (Lipinski definition) is 2. The summed E-state index contributed by atoms with van der Waals surface area (Å²) in [5.74, 6) is 0.255. The van der Waals surface area contributed by atoms with Crippen LogP contribution < -0.4 is 11.1 Å². The molecule has 0 saturated heterocycles. The van der Waals surface area contributed by atoms with Gasteiger partial charge in [0.25, 0.3) is 0 Å². The molecule has 0 spiro atoms. The standard InChI is InChI=1S/C13H23N3OS/c1-8(2)6-9(14)11(17)16-12-15-10(7-18-12)13(3,4)5/h7-9H,6,14H2,1-5H3,(H,15,16,17). The Morgan fingerprint density at radius 1 is 1.50 bits per heavy atom. The van der Waals surface area contributed by atoms with Crippen LogP contribution in [0.25, 0.3) is 0 Å². The van der Waals surface area contributed by atoms with E-state index in [0.717, 1.165) is 5.69 Å². The van der Waals surface area contributed by atoms with Gasteiger partial charge < -0.3 is 11.1 Å². The second-order valence-corrected chi connectivity index (χ2v) is 6.87. The van der Waals surface area contributed by atoms with E-state index < -0.39 is 6.04 Å². The second-order valence-electron chi connectivity index (χ2n) is 6.01. The van der Waals surface area contributed by atoms with Crippen molar-refractivity contribution in [2.75, 3.05) is 5.32 Å². The molecule has 0 saturated carbocycles. The molecule has 1 aromatic heterocycles. The van der Waals surface area contributed by atoms with E-state index in [1.807, 2.05) is 19.2 Å². The predicted molar refractivity (Wildman–Crippen MR) is 76.9 cm³/mol. The summed E-state index contributed by atoms with van der Waals surface area (Å²) < 4.78 is 0. The molecular weight excluding hydrogens is 246 g/mol. The smallest absolute Gasteiger partial charge is 0.243 e. The molecule has 1 unspecified atom stereocenters. The lowest BCUT2D eigenvalue weighted by molar-refractivity contribution is -0.117. The number of aromatic nitrogens is 1. The Hall–Kier alpha value is -0.940. The fraction of sp³-hybridized carbons (Fsp3) is 0.692. The topological polar surface area (TPSA) is 68.0 Å². The van der Waals surface area contributed by atoms with Crippen LogP contribution in [-0.4, -0.2) is 16.9 Å². The zero-order valence-corrected chi connectivity index (χ0v) is 12.6. The molecule has 0 radical (unpaired) electrons. The lowest BCUT2D eigenvalue weighted by Gasteiger charge is -2.15. The first-order valence-electron chi connectivity index (χ1n) is 6.22. The molecule has 18 heavy (non-hydrogen) atoms. The third-order valence-corrected chi connectivity index (χ3v) is 3.32. The van der Waals surface area contributed by atoms with E-state index in [4.69, 9.17) is 5.73 Å². The average Bonchev–Trinajstić information content (AvgIpc) is 2.64. The summed E-state index contributed by atoms with van der Waals surface area (Å²) in [6.07, 6.45) is 0.684. The van der Waals surface area contributed by atoms with Gasteiger partial charge in [0.15, 0.2) is 5.13 Å². The molecule has 4 nitrogen and oxygen atoms in total. The minimum Gasteiger partial charge on any atom is -0.320 e. The average molecular weight is 269 g/mol. The van der Waals surface area contributed by atoms with Gasteiger partial charge in [-0.1, -0.05) is 34.6 Å². The SMILES string of the molecule is CC(C)CC(N)C(=O)Nc1nc(C(C)(C)C)cs1. The molecule has 0 aliphatic rings. The first-order chi connectivity index (χ1) is 8.20. The minimum atomic E-state index is -0.466. The first-order valence-corrected chi connectivity index (χ1v) is 7.10. The number of nitrogens with two attached hydrogens (primary N) is 1. The second kappa shape index (κ2) is 5.80. The van der Waals surface area contributed by atoms with Crippen molar-refractivity contribution in [2.24, 2.45) is 11.7 Å². The van der Waals surface area contributed by atoms with Gasteiger partial charge in [0.1, 0.15) is 0 Å². The molecule has 3 N–H and O–H groups in total. The van der Waals surface area contributed by atoms with Gasteiger partial charge in [-0.3, -0.25) is 4.79 Å². The van der Waals surface area contributed by atoms with Crippen LogP contribution in [0.2, 0.25) is 0 Å². The monoisotopic (exact) mass is 269 g/mol. The summed E-state index contributed by atoms with van der Waals surface area (Å²) in [4.78, 5) is 16.3. The Labute approximate surface area is 113 Å². The van der Waals surface area contributed by atoms with Crippen molar-refractivity contribution in [1.82, 2.24) is 4.98 Å². The summed E-state index contributed by atoms with van der Waals surface area (Å²) in [5.41, 5.74) is 6.81. The Balaban J connectivity index is 2.63. The quantitative estimate of drug-likeness (QED) is 0.883. The van der Waals surface area contributed by atoms with E-state index >= 15 is 0 Å². The minimum absolute atomic E-state index is 0.000470. The van der Waals surface area contributed by atoms with E-state index in [0.29, 0.717) is 17.5 Å². The highest BCUT2D eigenvalue weighted by molar-refractivity contribution is 7.13. The van der Waals surface area contributed by atoms with Crippen LogP contribution >= 0.6 is 11.3 Å². The zero-order chi connectivity index (χ0) is 13.9. The maximum absolute atomic E-state index is 11.8. The molecule has 0 aromatic carbocycles. The van der Waals surface area contributed by atoms with Gasteiger partial charge in [-0.15, -0.1) is 11.3 Å². The van der Waals surface area contributed by atoms with Crippen molar-refractivity contribution in [3.8, 4) is 0 Å². The number of nitrogens with zero attached hydrogens (tertiary/aromatic N) is 1. The zero-order valence-electron chi connectivity index (χ0n) is 11.8. The number of thiazole rings is 1. The molecule has 5 heteroatoms. The molecular formula is C13H23N3OS. The Morgan fingerprint density at radius 3 is 2.56 bits per heavy atom. The number of anilines is 1. The number of carbonyl (C=O) groups excluding carboxylic acids is 1. The van der Waals surface area contributed by atoms with Crippen LogP contribution in [0, 0.1) is 5.92 Å². The highest BCUT2D eigenvalue weighted by Gasteiger charge is 2.20. The van der Waals surface area contributed by atoms with Gasteiger partial charge in [0.05, 0.1) is 11.7 Å². The van der Waals surface area contributed by atoms with Gasteiger partial charge in [-0.05, 0) is 12.3 Å². The molecule has 0 fully saturated rings. The van der Waals surface area contributed by atoms with Crippen LogP contribution in [-0.2, 0) is 10.2 Å². The maximum Gasteiger partial charge on any atom is 0.243 e. The number of amides is 1. The van der Waals surface area contributed by atoms with Crippen LogP contribution in [0.1, 0.15) is 46.7 Å². The Bertz CT molecular complexity index is 407. The van der Waals surface area contributed by atoms with Crippen molar-refractivity contribution in [3.05, 3.63) is 11.1 Å². The third kappa shape index (κ3) is 4.38. The Kier molecular flexibility index (Phi) is 4.87. The predicted octanol–water partition coefficient (Wildman–Crippen LogP) is 2.75.